The quantitative estimate of drug-likeness (QED) is 0.244. The normalized spacial score (nSPS) is 26.3. The average molecular weight is 854 g/mol. The number of benzene rings is 2. The molecular weight excluding hydrogens is 797 g/mol. The molecule has 15 heteroatoms. The summed E-state index contributed by atoms with van der Waals surface area (Å²) >= 11 is 0. The number of nitrogens with one attached hydrogen (secondary N) is 2. The molecule has 0 spiro atoms. The number of aliphatic imine (C=N–C) groups is 2. The number of likely N-dealkylation sites (tertiary alicyclic amines) is 2. The van der Waals surface area contributed by atoms with Crippen LogP contribution in [0.4, 0.5) is 18.4 Å². The summed E-state index contributed by atoms with van der Waals surface area (Å²) in [4.78, 5) is 66.7. The van der Waals surface area contributed by atoms with Crippen molar-refractivity contribution in [2.75, 3.05) is 34.4 Å². The Morgan fingerprint density at radius 3 is 1.56 bits per heavy atom. The van der Waals surface area contributed by atoms with Crippen molar-refractivity contribution in [3.8, 4) is 11.1 Å². The third kappa shape index (κ3) is 7.92. The van der Waals surface area contributed by atoms with Crippen molar-refractivity contribution in [1.29, 1.82) is 0 Å². The van der Waals surface area contributed by atoms with Crippen LogP contribution in [0.5, 0.6) is 0 Å². The van der Waals surface area contributed by atoms with Gasteiger partial charge in [0.05, 0.1) is 39.4 Å². The Morgan fingerprint density at radius 1 is 0.645 bits per heavy atom. The van der Waals surface area contributed by atoms with Crippen LogP contribution >= 0.6 is 0 Å². The summed E-state index contributed by atoms with van der Waals surface area (Å²) in [5, 5.41) is 5.26. The molecular formula is C47H57F2N7O6. The maximum Gasteiger partial charge on any atom is 0.407 e. The first-order valence-electron chi connectivity index (χ1n) is 21.8. The highest BCUT2D eigenvalue weighted by Gasteiger charge is 2.47. The molecule has 2 aromatic rings. The molecule has 62 heavy (non-hydrogen) atoms. The predicted octanol–water partition coefficient (Wildman–Crippen LogP) is 7.19. The van der Waals surface area contributed by atoms with Gasteiger partial charge in [0.1, 0.15) is 24.4 Å². The summed E-state index contributed by atoms with van der Waals surface area (Å²) < 4.78 is 39.5. The van der Waals surface area contributed by atoms with E-state index in [1.807, 2.05) is 40.1 Å². The van der Waals surface area contributed by atoms with E-state index >= 15 is 4.39 Å². The van der Waals surface area contributed by atoms with Crippen LogP contribution in [0, 0.1) is 11.8 Å². The molecule has 2 unspecified atom stereocenters. The first-order valence-corrected chi connectivity index (χ1v) is 21.8. The van der Waals surface area contributed by atoms with Crippen molar-refractivity contribution in [3.05, 3.63) is 71.1 Å². The summed E-state index contributed by atoms with van der Waals surface area (Å²) in [5.41, 5.74) is 10.5. The number of hydrogen-bond donors (Lipinski definition) is 2. The van der Waals surface area contributed by atoms with E-state index in [1.54, 1.807) is 4.90 Å². The Balaban J connectivity index is 0.980. The number of ether oxygens (including phenoxy) is 2. The molecule has 3 fully saturated rings. The summed E-state index contributed by atoms with van der Waals surface area (Å²) in [6.45, 7) is 7.22. The zero-order valence-corrected chi connectivity index (χ0v) is 36.5. The van der Waals surface area contributed by atoms with Crippen LogP contribution in [0.25, 0.3) is 22.3 Å². The van der Waals surface area contributed by atoms with Crippen molar-refractivity contribution in [2.45, 2.75) is 115 Å². The summed E-state index contributed by atoms with van der Waals surface area (Å²) in [7, 11) is 4.68. The second-order valence-corrected chi connectivity index (χ2v) is 18.1. The van der Waals surface area contributed by atoms with Crippen LogP contribution in [0.15, 0.2) is 58.8 Å². The first kappa shape index (κ1) is 43.2. The molecule has 8 rings (SSSR count). The first-order chi connectivity index (χ1) is 29.7. The second-order valence-electron chi connectivity index (χ2n) is 18.1. The van der Waals surface area contributed by atoms with Gasteiger partial charge in [-0.2, -0.15) is 0 Å². The smallest absolute Gasteiger partial charge is 0.407 e. The van der Waals surface area contributed by atoms with Crippen LogP contribution in [0.2, 0.25) is 0 Å². The SMILES string of the molecule is COC(=O)N[C@H](C(=O)N1C[C@H](F)C[C@H]1C1=NC=C(c2ccc(-c3ccc(C4=CN=C([C@@H]5C[C@H](F)CN5C(=O)[C@@H](NC(=O)OC)C(C)C)C4)cc3)c3c2C2CCC3N2C)C1)C(C)C. The fourth-order valence-corrected chi connectivity index (χ4v) is 10.5. The lowest BCUT2D eigenvalue weighted by molar-refractivity contribution is -0.135. The molecule has 6 heterocycles. The van der Waals surface area contributed by atoms with Gasteiger partial charge in [-0.1, -0.05) is 64.1 Å². The largest absolute Gasteiger partial charge is 0.453 e. The molecule has 6 aliphatic rings. The average Bonchev–Trinajstić information content (AvgIpc) is 4.13. The number of carbonyl (C=O) groups is 4. The molecule has 2 N–H and O–H groups in total. The van der Waals surface area contributed by atoms with E-state index in [0.717, 1.165) is 52.1 Å². The van der Waals surface area contributed by atoms with Gasteiger partial charge >= 0.3 is 12.2 Å². The van der Waals surface area contributed by atoms with Crippen LogP contribution in [-0.4, -0.2) is 121 Å². The minimum absolute atomic E-state index is 0.0526. The van der Waals surface area contributed by atoms with E-state index in [0.29, 0.717) is 12.8 Å². The van der Waals surface area contributed by atoms with Gasteiger partial charge in [-0.25, -0.2) is 18.4 Å². The van der Waals surface area contributed by atoms with Gasteiger partial charge in [0.25, 0.3) is 0 Å². The number of rotatable bonds is 11. The number of alkyl halides is 2. The number of hydrogen-bond acceptors (Lipinski definition) is 9. The topological polar surface area (TPSA) is 145 Å². The van der Waals surface area contributed by atoms with Gasteiger partial charge in [-0.15, -0.1) is 0 Å². The van der Waals surface area contributed by atoms with E-state index in [-0.39, 0.29) is 61.7 Å². The summed E-state index contributed by atoms with van der Waals surface area (Å²) in [6, 6.07) is 10.6. The number of allylic oxidation sites excluding steroid dienone is 2. The Hall–Kier alpha value is -5.44. The number of methoxy groups -OCH3 is 2. The summed E-state index contributed by atoms with van der Waals surface area (Å²) in [6.07, 6.45) is 3.29. The van der Waals surface area contributed by atoms with Crippen molar-refractivity contribution in [2.24, 2.45) is 21.8 Å². The monoisotopic (exact) mass is 853 g/mol. The molecule has 8 atom stereocenters. The van der Waals surface area contributed by atoms with Gasteiger partial charge in [-0.05, 0) is 76.3 Å². The van der Waals surface area contributed by atoms with Crippen molar-refractivity contribution < 1.29 is 37.4 Å². The molecule has 0 aromatic heterocycles. The minimum atomic E-state index is -1.20. The molecule has 4 amide bonds. The van der Waals surface area contributed by atoms with Crippen molar-refractivity contribution in [3.63, 3.8) is 0 Å². The molecule has 330 valence electrons. The maximum absolute atomic E-state index is 15.1. The highest BCUT2D eigenvalue weighted by Crippen LogP contribution is 2.57. The van der Waals surface area contributed by atoms with Gasteiger partial charge < -0.3 is 29.9 Å². The molecule has 6 aliphatic heterocycles. The van der Waals surface area contributed by atoms with Crippen molar-refractivity contribution >= 4 is 46.6 Å². The Kier molecular flexibility index (Phi) is 12.1. The number of alkyl carbamates (subject to hydrolysis) is 2. The Morgan fingerprint density at radius 2 is 1.08 bits per heavy atom. The highest BCUT2D eigenvalue weighted by molar-refractivity contribution is 6.05. The second kappa shape index (κ2) is 17.4. The van der Waals surface area contributed by atoms with E-state index in [4.69, 9.17) is 19.5 Å². The predicted molar refractivity (Wildman–Crippen MR) is 233 cm³/mol. The minimum Gasteiger partial charge on any atom is -0.453 e. The number of nitrogens with zero attached hydrogens (tertiary/aromatic N) is 5. The van der Waals surface area contributed by atoms with Crippen LogP contribution in [-0.2, 0) is 19.1 Å². The number of amides is 4. The number of carbonyl (C=O) groups excluding carboxylic acids is 4. The molecule has 0 radical (unpaired) electrons. The highest BCUT2D eigenvalue weighted by atomic mass is 19.1. The maximum atomic E-state index is 15.1. The summed E-state index contributed by atoms with van der Waals surface area (Å²) in [5.74, 6) is -1.14. The standard InChI is InChI=1S/C47H57F2N7O6/c1-24(2)42(52-46(59)61-6)44(57)55-22-30(48)18-38(55)34-16-28(20-50-34)26-8-10-27(11-9-26)32-12-13-33(41-37-15-14-36(40(32)41)54(37)5)29-17-35(51-21-29)39-19-31(49)23-56(39)45(58)43(25(3)4)53-47(60)62-7/h8-13,20-21,24-25,30-31,36-39,42-43H,14-19,22-23H2,1-7H3,(H,52,59)(H,53,60)/t30-,31+,36?,37?,38-,39-,42-,43-/m0/s1. The van der Waals surface area contributed by atoms with Crippen LogP contribution < -0.4 is 10.6 Å². The molecule has 0 saturated carbocycles. The number of halogens is 2. The lowest BCUT2D eigenvalue weighted by atomic mass is 9.80. The van der Waals surface area contributed by atoms with Gasteiger partial charge in [0.2, 0.25) is 11.8 Å². The third-order valence-electron chi connectivity index (χ3n) is 13.7. The molecule has 2 aromatic carbocycles. The van der Waals surface area contributed by atoms with Gasteiger partial charge in [0.15, 0.2) is 0 Å². The van der Waals surface area contributed by atoms with Gasteiger partial charge in [0, 0.05) is 61.6 Å². The Labute approximate surface area is 361 Å². The zero-order valence-electron chi connectivity index (χ0n) is 36.5. The van der Waals surface area contributed by atoms with Gasteiger partial charge in [-0.3, -0.25) is 24.5 Å². The lowest BCUT2D eigenvalue weighted by Gasteiger charge is -2.30. The molecule has 13 nitrogen and oxygen atoms in total. The lowest BCUT2D eigenvalue weighted by Crippen LogP contribution is -2.53. The van der Waals surface area contributed by atoms with Crippen LogP contribution in [0.1, 0.15) is 101 Å². The fourth-order valence-electron chi connectivity index (χ4n) is 10.5. The van der Waals surface area contributed by atoms with E-state index in [1.165, 1.54) is 35.8 Å². The zero-order chi connectivity index (χ0) is 44.1. The fraction of sp³-hybridized carbons (Fsp3) is 0.532. The molecule has 0 aliphatic carbocycles. The van der Waals surface area contributed by atoms with E-state index < -0.39 is 48.7 Å². The molecule has 2 bridgehead atoms. The van der Waals surface area contributed by atoms with Crippen molar-refractivity contribution in [1.82, 2.24) is 25.3 Å². The van der Waals surface area contributed by atoms with E-state index in [2.05, 4.69) is 59.0 Å². The third-order valence-corrected chi connectivity index (χ3v) is 13.7. The number of fused-ring (bicyclic) bond motifs is 5. The van der Waals surface area contributed by atoms with E-state index in [9.17, 15) is 23.6 Å². The molecule has 3 saturated heterocycles. The van der Waals surface area contributed by atoms with Crippen LogP contribution in [0.3, 0.4) is 0 Å². The Bertz CT molecular complexity index is 2260.